The molecule has 2 unspecified atom stereocenters. The lowest BCUT2D eigenvalue weighted by Gasteiger charge is -2.46. The van der Waals surface area contributed by atoms with Crippen LogP contribution in [0.3, 0.4) is 0 Å². The molecule has 28 heavy (non-hydrogen) atoms. The van der Waals surface area contributed by atoms with E-state index in [4.69, 9.17) is 4.74 Å². The van der Waals surface area contributed by atoms with Gasteiger partial charge in [-0.15, -0.1) is 12.4 Å². The van der Waals surface area contributed by atoms with E-state index in [1.165, 1.54) is 11.1 Å². The Morgan fingerprint density at radius 2 is 1.43 bits per heavy atom. The van der Waals surface area contributed by atoms with Crippen molar-refractivity contribution in [2.45, 2.75) is 45.1 Å². The van der Waals surface area contributed by atoms with Crippen molar-refractivity contribution in [2.75, 3.05) is 20.6 Å². The first kappa shape index (κ1) is 24.2. The summed E-state index contributed by atoms with van der Waals surface area (Å²) in [5.74, 6) is 0.0991. The van der Waals surface area contributed by atoms with Crippen LogP contribution in [-0.2, 0) is 14.9 Å². The maximum absolute atomic E-state index is 12.3. The van der Waals surface area contributed by atoms with Crippen molar-refractivity contribution in [3.63, 3.8) is 0 Å². The summed E-state index contributed by atoms with van der Waals surface area (Å²) in [6.45, 7) is 7.12. The van der Waals surface area contributed by atoms with Crippen molar-refractivity contribution in [3.05, 3.63) is 71.8 Å². The third kappa shape index (κ3) is 5.15. The van der Waals surface area contributed by atoms with E-state index in [2.05, 4.69) is 81.4 Å². The van der Waals surface area contributed by atoms with Gasteiger partial charge in [-0.05, 0) is 37.6 Å². The molecule has 2 rings (SSSR count). The summed E-state index contributed by atoms with van der Waals surface area (Å²) in [5, 5.41) is 0. The second kappa shape index (κ2) is 11.2. The fraction of sp³-hybridized carbons (Fsp3) is 0.458. The standard InChI is InChI=1S/C24H33NO2.ClH/c1-6-22(27-23(26)7-2)24(19(3)18-25(4)5,20-14-10-8-11-15-20)21-16-12-9-13-17-21;/h8-17,19,22H,6-7,18H2,1-5H3;1H. The van der Waals surface area contributed by atoms with E-state index in [0.29, 0.717) is 6.42 Å². The quantitative estimate of drug-likeness (QED) is 0.530. The molecule has 2 aromatic rings. The molecule has 2 atom stereocenters. The molecule has 0 aliphatic rings. The summed E-state index contributed by atoms with van der Waals surface area (Å²) < 4.78 is 6.07. The van der Waals surface area contributed by atoms with Crippen LogP contribution >= 0.6 is 12.4 Å². The number of benzene rings is 2. The summed E-state index contributed by atoms with van der Waals surface area (Å²) in [6, 6.07) is 21.0. The van der Waals surface area contributed by atoms with Gasteiger partial charge in [0.05, 0.1) is 5.41 Å². The van der Waals surface area contributed by atoms with E-state index >= 15 is 0 Å². The Morgan fingerprint density at radius 1 is 0.964 bits per heavy atom. The number of ether oxygens (including phenoxy) is 1. The molecule has 0 saturated heterocycles. The van der Waals surface area contributed by atoms with Crippen LogP contribution in [0.25, 0.3) is 0 Å². The van der Waals surface area contributed by atoms with Gasteiger partial charge in [0.15, 0.2) is 0 Å². The molecular weight excluding hydrogens is 370 g/mol. The highest BCUT2D eigenvalue weighted by Gasteiger charge is 2.47. The Kier molecular flexibility index (Phi) is 9.71. The molecule has 0 amide bonds. The number of carbonyl (C=O) groups excluding carboxylic acids is 1. The van der Waals surface area contributed by atoms with Gasteiger partial charge in [0.2, 0.25) is 0 Å². The molecule has 0 saturated carbocycles. The second-order valence-electron chi connectivity index (χ2n) is 7.50. The van der Waals surface area contributed by atoms with Crippen molar-refractivity contribution < 1.29 is 9.53 Å². The third-order valence-corrected chi connectivity index (χ3v) is 5.36. The monoisotopic (exact) mass is 403 g/mol. The van der Waals surface area contributed by atoms with Crippen molar-refractivity contribution in [2.24, 2.45) is 5.92 Å². The molecule has 3 nitrogen and oxygen atoms in total. The molecule has 0 aliphatic carbocycles. The number of hydrogen-bond acceptors (Lipinski definition) is 3. The van der Waals surface area contributed by atoms with Crippen molar-refractivity contribution in [1.29, 1.82) is 0 Å². The Balaban J connectivity index is 0.00000392. The number of rotatable bonds is 9. The van der Waals surface area contributed by atoms with Gasteiger partial charge in [-0.25, -0.2) is 0 Å². The first-order chi connectivity index (χ1) is 13.0. The number of halogens is 1. The maximum Gasteiger partial charge on any atom is 0.305 e. The first-order valence-electron chi connectivity index (χ1n) is 9.91. The van der Waals surface area contributed by atoms with Crippen molar-refractivity contribution >= 4 is 18.4 Å². The molecule has 0 fully saturated rings. The zero-order valence-corrected chi connectivity index (χ0v) is 18.5. The van der Waals surface area contributed by atoms with Gasteiger partial charge in [-0.3, -0.25) is 4.79 Å². The van der Waals surface area contributed by atoms with Gasteiger partial charge in [-0.2, -0.15) is 0 Å². The SMILES string of the molecule is CCC(=O)OC(CC)C(c1ccccc1)(c1ccccc1)C(C)CN(C)C.Cl. The minimum Gasteiger partial charge on any atom is -0.461 e. The molecule has 0 bridgehead atoms. The van der Waals surface area contributed by atoms with Crippen LogP contribution in [0.4, 0.5) is 0 Å². The van der Waals surface area contributed by atoms with E-state index in [9.17, 15) is 4.79 Å². The fourth-order valence-corrected chi connectivity index (χ4v) is 4.28. The largest absolute Gasteiger partial charge is 0.461 e. The Labute approximate surface area is 176 Å². The molecule has 0 radical (unpaired) electrons. The molecule has 0 aromatic heterocycles. The van der Waals surface area contributed by atoms with E-state index in [1.54, 1.807) is 0 Å². The molecular formula is C24H34ClNO2. The van der Waals surface area contributed by atoms with Crippen molar-refractivity contribution in [3.8, 4) is 0 Å². The smallest absolute Gasteiger partial charge is 0.305 e. The van der Waals surface area contributed by atoms with Crippen LogP contribution < -0.4 is 0 Å². The summed E-state index contributed by atoms with van der Waals surface area (Å²) in [7, 11) is 4.19. The first-order valence-corrected chi connectivity index (χ1v) is 9.91. The van der Waals surface area contributed by atoms with Crippen LogP contribution in [0, 0.1) is 5.92 Å². The number of hydrogen-bond donors (Lipinski definition) is 0. The van der Waals surface area contributed by atoms with Gasteiger partial charge >= 0.3 is 5.97 Å². The van der Waals surface area contributed by atoms with Crippen molar-refractivity contribution in [1.82, 2.24) is 4.90 Å². The predicted octanol–water partition coefficient (Wildman–Crippen LogP) is 5.32. The van der Waals surface area contributed by atoms with E-state index in [0.717, 1.165) is 13.0 Å². The van der Waals surface area contributed by atoms with Crippen LogP contribution in [0.5, 0.6) is 0 Å². The zero-order valence-electron chi connectivity index (χ0n) is 17.7. The molecule has 154 valence electrons. The zero-order chi connectivity index (χ0) is 19.9. The van der Waals surface area contributed by atoms with Gasteiger partial charge in [0.1, 0.15) is 6.10 Å². The van der Waals surface area contributed by atoms with E-state index in [-0.39, 0.29) is 30.4 Å². The number of nitrogens with zero attached hydrogens (tertiary/aromatic N) is 1. The van der Waals surface area contributed by atoms with E-state index in [1.807, 2.05) is 19.1 Å². The Bertz CT molecular complexity index is 664. The van der Waals surface area contributed by atoms with Crippen LogP contribution in [0.15, 0.2) is 60.7 Å². The minimum atomic E-state index is -0.410. The highest BCUT2D eigenvalue weighted by molar-refractivity contribution is 5.85. The molecule has 0 spiro atoms. The highest BCUT2D eigenvalue weighted by atomic mass is 35.5. The molecule has 2 aromatic carbocycles. The molecule has 4 heteroatoms. The lowest BCUT2D eigenvalue weighted by molar-refractivity contribution is -0.153. The molecule has 0 heterocycles. The van der Waals surface area contributed by atoms with Gasteiger partial charge in [-0.1, -0.05) is 81.4 Å². The van der Waals surface area contributed by atoms with Gasteiger partial charge < -0.3 is 9.64 Å². The molecule has 0 aliphatic heterocycles. The topological polar surface area (TPSA) is 29.5 Å². The van der Waals surface area contributed by atoms with Gasteiger partial charge in [0.25, 0.3) is 0 Å². The summed E-state index contributed by atoms with van der Waals surface area (Å²) in [5.41, 5.74) is 1.98. The Hall–Kier alpha value is -1.84. The molecule has 0 N–H and O–H groups in total. The normalized spacial score (nSPS) is 13.5. The van der Waals surface area contributed by atoms with Crippen LogP contribution in [0.2, 0.25) is 0 Å². The van der Waals surface area contributed by atoms with Gasteiger partial charge in [0, 0.05) is 13.0 Å². The Morgan fingerprint density at radius 3 is 1.79 bits per heavy atom. The second-order valence-corrected chi connectivity index (χ2v) is 7.50. The van der Waals surface area contributed by atoms with Crippen LogP contribution in [0.1, 0.15) is 44.7 Å². The lowest BCUT2D eigenvalue weighted by Crippen LogP contribution is -2.50. The summed E-state index contributed by atoms with van der Waals surface area (Å²) in [4.78, 5) is 14.5. The maximum atomic E-state index is 12.3. The summed E-state index contributed by atoms with van der Waals surface area (Å²) in [6.07, 6.45) is 0.913. The average Bonchev–Trinajstić information content (AvgIpc) is 2.68. The third-order valence-electron chi connectivity index (χ3n) is 5.36. The lowest BCUT2D eigenvalue weighted by atomic mass is 9.62. The van der Waals surface area contributed by atoms with Crippen LogP contribution in [-0.4, -0.2) is 37.6 Å². The fourth-order valence-electron chi connectivity index (χ4n) is 4.28. The summed E-state index contributed by atoms with van der Waals surface area (Å²) >= 11 is 0. The predicted molar refractivity (Wildman–Crippen MR) is 119 cm³/mol. The highest BCUT2D eigenvalue weighted by Crippen LogP contribution is 2.45. The average molecular weight is 404 g/mol. The van der Waals surface area contributed by atoms with E-state index < -0.39 is 5.41 Å². The number of carbonyl (C=O) groups is 1. The minimum absolute atomic E-state index is 0. The number of esters is 1.